The summed E-state index contributed by atoms with van der Waals surface area (Å²) in [6, 6.07) is 6.84. The molecule has 3 rings (SSSR count). The first-order chi connectivity index (χ1) is 8.26. The largest absolute Gasteiger partial charge is 0.459 e. The zero-order chi connectivity index (χ0) is 11.8. The van der Waals surface area contributed by atoms with Gasteiger partial charge < -0.3 is 9.73 Å². The number of rotatable bonds is 4. The Morgan fingerprint density at radius 3 is 2.94 bits per heavy atom. The summed E-state index contributed by atoms with van der Waals surface area (Å²) in [5.74, 6) is 1.53. The van der Waals surface area contributed by atoms with Crippen LogP contribution in [0.25, 0.3) is 11.0 Å². The first kappa shape index (κ1) is 10.8. The second-order valence-electron chi connectivity index (χ2n) is 4.85. The van der Waals surface area contributed by atoms with E-state index in [-0.39, 0.29) is 11.9 Å². The van der Waals surface area contributed by atoms with Gasteiger partial charge in [0.25, 0.3) is 0 Å². The molecule has 90 valence electrons. The maximum absolute atomic E-state index is 13.1. The summed E-state index contributed by atoms with van der Waals surface area (Å²) in [7, 11) is 1.95. The van der Waals surface area contributed by atoms with E-state index in [0.29, 0.717) is 0 Å². The summed E-state index contributed by atoms with van der Waals surface area (Å²) < 4.78 is 18.9. The predicted molar refractivity (Wildman–Crippen MR) is 65.3 cm³/mol. The first-order valence-corrected chi connectivity index (χ1v) is 6.12. The van der Waals surface area contributed by atoms with Crippen LogP contribution in [0.1, 0.15) is 31.1 Å². The molecular weight excluding hydrogens is 217 g/mol. The third-order valence-corrected chi connectivity index (χ3v) is 3.46. The van der Waals surface area contributed by atoms with Crippen molar-refractivity contribution in [2.75, 3.05) is 7.05 Å². The molecular formula is C14H16FNO. The zero-order valence-corrected chi connectivity index (χ0v) is 9.87. The van der Waals surface area contributed by atoms with Gasteiger partial charge in [0, 0.05) is 5.39 Å². The van der Waals surface area contributed by atoms with Crippen molar-refractivity contribution >= 4 is 11.0 Å². The molecule has 2 aromatic rings. The van der Waals surface area contributed by atoms with Crippen molar-refractivity contribution in [1.29, 1.82) is 0 Å². The lowest BCUT2D eigenvalue weighted by molar-refractivity contribution is 0.417. The van der Waals surface area contributed by atoms with E-state index in [4.69, 9.17) is 4.42 Å². The van der Waals surface area contributed by atoms with E-state index in [1.54, 1.807) is 6.07 Å². The zero-order valence-electron chi connectivity index (χ0n) is 9.87. The fourth-order valence-corrected chi connectivity index (χ4v) is 2.27. The average molecular weight is 233 g/mol. The molecule has 1 aliphatic carbocycles. The van der Waals surface area contributed by atoms with Crippen molar-refractivity contribution < 1.29 is 8.81 Å². The van der Waals surface area contributed by atoms with Crippen LogP contribution >= 0.6 is 0 Å². The maximum atomic E-state index is 13.1. The molecule has 1 aromatic heterocycles. The Kier molecular flexibility index (Phi) is 2.63. The lowest BCUT2D eigenvalue weighted by Crippen LogP contribution is -2.16. The highest BCUT2D eigenvalue weighted by molar-refractivity contribution is 5.78. The van der Waals surface area contributed by atoms with Crippen LogP contribution in [0.15, 0.2) is 28.7 Å². The van der Waals surface area contributed by atoms with Gasteiger partial charge in [-0.25, -0.2) is 4.39 Å². The van der Waals surface area contributed by atoms with Crippen molar-refractivity contribution in [1.82, 2.24) is 5.32 Å². The van der Waals surface area contributed by atoms with Gasteiger partial charge in [-0.3, -0.25) is 0 Å². The Balaban J connectivity index is 1.92. The van der Waals surface area contributed by atoms with Crippen LogP contribution in [-0.2, 0) is 0 Å². The predicted octanol–water partition coefficient (Wildman–Crippen LogP) is 3.63. The fourth-order valence-electron chi connectivity index (χ4n) is 2.27. The molecule has 3 heteroatoms. The Hall–Kier alpha value is -1.35. The van der Waals surface area contributed by atoms with E-state index in [1.165, 1.54) is 25.0 Å². The molecule has 1 atom stereocenters. The van der Waals surface area contributed by atoms with Crippen LogP contribution in [0.2, 0.25) is 0 Å². The normalized spacial score (nSPS) is 17.5. The van der Waals surface area contributed by atoms with Gasteiger partial charge in [-0.15, -0.1) is 0 Å². The second-order valence-corrected chi connectivity index (χ2v) is 4.85. The molecule has 0 saturated heterocycles. The van der Waals surface area contributed by atoms with Gasteiger partial charge in [-0.1, -0.05) is 12.8 Å². The van der Waals surface area contributed by atoms with Crippen molar-refractivity contribution in [3.63, 3.8) is 0 Å². The quantitative estimate of drug-likeness (QED) is 0.872. The van der Waals surface area contributed by atoms with Crippen molar-refractivity contribution in [2.45, 2.75) is 25.3 Å². The summed E-state index contributed by atoms with van der Waals surface area (Å²) in [6.07, 6.45) is 3.76. The standard InChI is InChI=1S/C14H16FNO/c1-16-12(6-9-2-3-9)14-8-10-7-11(15)4-5-13(10)17-14/h4-5,7-9,12,16H,2-3,6H2,1H3. The number of fused-ring (bicyclic) bond motifs is 1. The molecule has 1 saturated carbocycles. The summed E-state index contributed by atoms with van der Waals surface area (Å²) in [5.41, 5.74) is 0.762. The minimum atomic E-state index is -0.215. The smallest absolute Gasteiger partial charge is 0.134 e. The number of hydrogen-bond donors (Lipinski definition) is 1. The minimum Gasteiger partial charge on any atom is -0.459 e. The molecule has 2 nitrogen and oxygen atoms in total. The Labute approximate surface area is 99.8 Å². The van der Waals surface area contributed by atoms with E-state index in [0.717, 1.165) is 29.1 Å². The summed E-state index contributed by atoms with van der Waals surface area (Å²) in [4.78, 5) is 0. The van der Waals surface area contributed by atoms with Crippen LogP contribution in [0.4, 0.5) is 4.39 Å². The lowest BCUT2D eigenvalue weighted by atomic mass is 10.1. The first-order valence-electron chi connectivity index (χ1n) is 6.12. The molecule has 0 amide bonds. The van der Waals surface area contributed by atoms with Gasteiger partial charge in [0.15, 0.2) is 0 Å². The molecule has 1 aromatic carbocycles. The molecule has 1 fully saturated rings. The minimum absolute atomic E-state index is 0.215. The summed E-state index contributed by atoms with van der Waals surface area (Å²) >= 11 is 0. The van der Waals surface area contributed by atoms with E-state index < -0.39 is 0 Å². The van der Waals surface area contributed by atoms with Gasteiger partial charge in [0.05, 0.1) is 6.04 Å². The van der Waals surface area contributed by atoms with Gasteiger partial charge in [0.1, 0.15) is 17.2 Å². The van der Waals surface area contributed by atoms with Gasteiger partial charge in [0.2, 0.25) is 0 Å². The highest BCUT2D eigenvalue weighted by Crippen LogP contribution is 2.38. The molecule has 17 heavy (non-hydrogen) atoms. The monoisotopic (exact) mass is 233 g/mol. The second kappa shape index (κ2) is 4.15. The molecule has 0 bridgehead atoms. The summed E-state index contributed by atoms with van der Waals surface area (Å²) in [5, 5.41) is 4.12. The Morgan fingerprint density at radius 2 is 2.24 bits per heavy atom. The van der Waals surface area contributed by atoms with E-state index >= 15 is 0 Å². The van der Waals surface area contributed by atoms with Gasteiger partial charge >= 0.3 is 0 Å². The maximum Gasteiger partial charge on any atom is 0.134 e. The Bertz CT molecular complexity index is 530. The lowest BCUT2D eigenvalue weighted by Gasteiger charge is -2.12. The van der Waals surface area contributed by atoms with Crippen LogP contribution in [0, 0.1) is 11.7 Å². The number of halogens is 1. The Morgan fingerprint density at radius 1 is 1.41 bits per heavy atom. The molecule has 0 radical (unpaired) electrons. The number of furan rings is 1. The fraction of sp³-hybridized carbons (Fsp3) is 0.429. The van der Waals surface area contributed by atoms with Crippen LogP contribution < -0.4 is 5.32 Å². The average Bonchev–Trinajstić information content (AvgIpc) is 3.04. The van der Waals surface area contributed by atoms with E-state index in [2.05, 4.69) is 5.32 Å². The number of benzene rings is 1. The van der Waals surface area contributed by atoms with E-state index in [1.807, 2.05) is 13.1 Å². The molecule has 1 unspecified atom stereocenters. The summed E-state index contributed by atoms with van der Waals surface area (Å²) in [6.45, 7) is 0. The van der Waals surface area contributed by atoms with Crippen LogP contribution in [0.3, 0.4) is 0 Å². The van der Waals surface area contributed by atoms with Gasteiger partial charge in [-0.2, -0.15) is 0 Å². The highest BCUT2D eigenvalue weighted by Gasteiger charge is 2.27. The van der Waals surface area contributed by atoms with Gasteiger partial charge in [-0.05, 0) is 43.7 Å². The van der Waals surface area contributed by atoms with Crippen molar-refractivity contribution in [2.24, 2.45) is 5.92 Å². The van der Waals surface area contributed by atoms with Crippen molar-refractivity contribution in [3.05, 3.63) is 35.8 Å². The molecule has 0 aliphatic heterocycles. The molecule has 1 N–H and O–H groups in total. The highest BCUT2D eigenvalue weighted by atomic mass is 19.1. The molecule has 1 aliphatic rings. The topological polar surface area (TPSA) is 25.2 Å². The third kappa shape index (κ3) is 2.20. The van der Waals surface area contributed by atoms with Crippen LogP contribution in [-0.4, -0.2) is 7.05 Å². The third-order valence-electron chi connectivity index (χ3n) is 3.46. The SMILES string of the molecule is CNC(CC1CC1)c1cc2cc(F)ccc2o1. The number of nitrogens with one attached hydrogen (secondary N) is 1. The van der Waals surface area contributed by atoms with Crippen LogP contribution in [0.5, 0.6) is 0 Å². The van der Waals surface area contributed by atoms with Crippen molar-refractivity contribution in [3.8, 4) is 0 Å². The van der Waals surface area contributed by atoms with E-state index in [9.17, 15) is 4.39 Å². The number of hydrogen-bond acceptors (Lipinski definition) is 2. The molecule has 1 heterocycles. The molecule has 0 spiro atoms.